The van der Waals surface area contributed by atoms with Crippen LogP contribution >= 0.6 is 0 Å². The van der Waals surface area contributed by atoms with Crippen molar-refractivity contribution in [3.8, 4) is 0 Å². The molecule has 0 aliphatic rings. The molecule has 1 aromatic heterocycles. The minimum absolute atomic E-state index is 0.0633. The largest absolute Gasteiger partial charge is 0.346 e. The Labute approximate surface area is 221 Å². The molecule has 0 spiro atoms. The van der Waals surface area contributed by atoms with Crippen LogP contribution in [-0.4, -0.2) is 34.3 Å². The second kappa shape index (κ2) is 14.0. The smallest absolute Gasteiger partial charge is 0.224 e. The van der Waals surface area contributed by atoms with Crippen LogP contribution in [0.5, 0.6) is 0 Å². The van der Waals surface area contributed by atoms with Crippen LogP contribution in [-0.2, 0) is 32.0 Å². The van der Waals surface area contributed by atoms with Crippen molar-refractivity contribution in [2.45, 2.75) is 79.7 Å². The van der Waals surface area contributed by atoms with Gasteiger partial charge in [0.15, 0.2) is 11.6 Å². The SMILES string of the molecule is CC(C)[C@H](CC(=O)[C@H](C)NC(=O)[C@@H](CCc1ccncc1)C(C)(C)C)C(=O)C(=O)CCc1ccccc1. The van der Waals surface area contributed by atoms with Crippen molar-refractivity contribution in [3.05, 3.63) is 66.0 Å². The molecule has 0 bridgehead atoms. The van der Waals surface area contributed by atoms with Gasteiger partial charge in [0.05, 0.1) is 6.04 Å². The molecule has 1 N–H and O–H groups in total. The van der Waals surface area contributed by atoms with Crippen LogP contribution in [0.15, 0.2) is 54.9 Å². The molecule has 0 aliphatic heterocycles. The molecule has 0 radical (unpaired) electrons. The van der Waals surface area contributed by atoms with Crippen molar-refractivity contribution in [2.75, 3.05) is 0 Å². The molecule has 0 aliphatic carbocycles. The van der Waals surface area contributed by atoms with Crippen LogP contribution in [0.2, 0.25) is 0 Å². The van der Waals surface area contributed by atoms with E-state index in [-0.39, 0.29) is 41.8 Å². The van der Waals surface area contributed by atoms with Crippen LogP contribution in [0.4, 0.5) is 0 Å². The molecule has 1 aromatic carbocycles. The Hall–Kier alpha value is -3.15. The summed E-state index contributed by atoms with van der Waals surface area (Å²) in [5.74, 6) is -2.51. The van der Waals surface area contributed by atoms with E-state index >= 15 is 0 Å². The number of benzene rings is 1. The quantitative estimate of drug-likeness (QED) is 0.356. The fraction of sp³-hybridized carbons (Fsp3) is 0.516. The van der Waals surface area contributed by atoms with Gasteiger partial charge >= 0.3 is 0 Å². The third-order valence-electron chi connectivity index (χ3n) is 7.00. The van der Waals surface area contributed by atoms with Crippen molar-refractivity contribution in [2.24, 2.45) is 23.2 Å². The second-order valence-electron chi connectivity index (χ2n) is 11.3. The Morgan fingerprint density at radius 1 is 0.865 bits per heavy atom. The van der Waals surface area contributed by atoms with Crippen molar-refractivity contribution in [3.63, 3.8) is 0 Å². The number of amides is 1. The van der Waals surface area contributed by atoms with Crippen LogP contribution in [0.1, 0.15) is 71.9 Å². The topological polar surface area (TPSA) is 93.2 Å². The highest BCUT2D eigenvalue weighted by atomic mass is 16.2. The van der Waals surface area contributed by atoms with Gasteiger partial charge in [-0.05, 0) is 60.8 Å². The van der Waals surface area contributed by atoms with Gasteiger partial charge in [0, 0.05) is 37.1 Å². The number of aromatic nitrogens is 1. The van der Waals surface area contributed by atoms with Gasteiger partial charge in [-0.2, -0.15) is 0 Å². The molecule has 6 heteroatoms. The summed E-state index contributed by atoms with van der Waals surface area (Å²) in [5.41, 5.74) is 1.81. The molecule has 0 unspecified atom stereocenters. The van der Waals surface area contributed by atoms with E-state index in [9.17, 15) is 19.2 Å². The molecule has 2 rings (SSSR count). The number of hydrogen-bond donors (Lipinski definition) is 1. The van der Waals surface area contributed by atoms with E-state index in [4.69, 9.17) is 0 Å². The Balaban J connectivity index is 1.98. The van der Waals surface area contributed by atoms with Crippen LogP contribution in [0.3, 0.4) is 0 Å². The maximum absolute atomic E-state index is 13.2. The molecule has 37 heavy (non-hydrogen) atoms. The fourth-order valence-electron chi connectivity index (χ4n) is 4.47. The van der Waals surface area contributed by atoms with Gasteiger partial charge in [0.2, 0.25) is 11.7 Å². The Morgan fingerprint density at radius 2 is 1.46 bits per heavy atom. The molecular weight excluding hydrogens is 464 g/mol. The van der Waals surface area contributed by atoms with Gasteiger partial charge in [0.1, 0.15) is 0 Å². The molecule has 1 amide bonds. The van der Waals surface area contributed by atoms with E-state index in [1.807, 2.05) is 77.1 Å². The summed E-state index contributed by atoms with van der Waals surface area (Å²) in [4.78, 5) is 55.9. The summed E-state index contributed by atoms with van der Waals surface area (Å²) in [6, 6.07) is 12.7. The van der Waals surface area contributed by atoms with Crippen LogP contribution in [0, 0.1) is 23.2 Å². The van der Waals surface area contributed by atoms with Crippen LogP contribution < -0.4 is 5.32 Å². The number of carbonyl (C=O) groups excluding carboxylic acids is 4. The predicted octanol–water partition coefficient (Wildman–Crippen LogP) is 5.18. The highest BCUT2D eigenvalue weighted by Crippen LogP contribution is 2.30. The van der Waals surface area contributed by atoms with Gasteiger partial charge in [-0.15, -0.1) is 0 Å². The first-order valence-electron chi connectivity index (χ1n) is 13.2. The maximum atomic E-state index is 13.2. The van der Waals surface area contributed by atoms with E-state index in [2.05, 4.69) is 10.3 Å². The summed E-state index contributed by atoms with van der Waals surface area (Å²) in [7, 11) is 0. The highest BCUT2D eigenvalue weighted by Gasteiger charge is 2.34. The summed E-state index contributed by atoms with van der Waals surface area (Å²) in [5, 5.41) is 2.88. The summed E-state index contributed by atoms with van der Waals surface area (Å²) in [6.07, 6.45) is 5.40. The predicted molar refractivity (Wildman–Crippen MR) is 146 cm³/mol. The summed E-state index contributed by atoms with van der Waals surface area (Å²) < 4.78 is 0. The number of pyridine rings is 1. The Kier molecular flexibility index (Phi) is 11.4. The minimum atomic E-state index is -0.744. The third kappa shape index (κ3) is 9.67. The molecule has 1 heterocycles. The second-order valence-corrected chi connectivity index (χ2v) is 11.3. The van der Waals surface area contributed by atoms with Gasteiger partial charge in [-0.1, -0.05) is 65.0 Å². The van der Waals surface area contributed by atoms with Crippen molar-refractivity contribution >= 4 is 23.3 Å². The van der Waals surface area contributed by atoms with E-state index < -0.39 is 23.5 Å². The number of ketones is 3. The molecular formula is C31H42N2O4. The van der Waals surface area contributed by atoms with Gasteiger partial charge in [0.25, 0.3) is 0 Å². The average molecular weight is 507 g/mol. The first-order chi connectivity index (χ1) is 17.4. The number of Topliss-reactive ketones (excluding diaryl/α,β-unsaturated/α-hetero) is 3. The number of hydrogen-bond acceptors (Lipinski definition) is 5. The summed E-state index contributed by atoms with van der Waals surface area (Å²) in [6.45, 7) is 11.4. The first-order valence-corrected chi connectivity index (χ1v) is 13.2. The number of nitrogens with one attached hydrogen (secondary N) is 1. The molecule has 2 aromatic rings. The van der Waals surface area contributed by atoms with Crippen LogP contribution in [0.25, 0.3) is 0 Å². The lowest BCUT2D eigenvalue weighted by atomic mass is 9.76. The number of carbonyl (C=O) groups is 4. The monoisotopic (exact) mass is 506 g/mol. The molecule has 200 valence electrons. The lowest BCUT2D eigenvalue weighted by Gasteiger charge is -2.31. The highest BCUT2D eigenvalue weighted by molar-refractivity contribution is 6.38. The van der Waals surface area contributed by atoms with Crippen molar-refractivity contribution in [1.82, 2.24) is 10.3 Å². The molecule has 6 nitrogen and oxygen atoms in total. The zero-order valence-corrected chi connectivity index (χ0v) is 23.1. The van der Waals surface area contributed by atoms with Gasteiger partial charge < -0.3 is 5.32 Å². The number of nitrogens with zero attached hydrogens (tertiary/aromatic N) is 1. The van der Waals surface area contributed by atoms with E-state index in [1.165, 1.54) is 0 Å². The van der Waals surface area contributed by atoms with E-state index in [1.54, 1.807) is 19.3 Å². The molecule has 3 atom stereocenters. The standard InChI is InChI=1S/C31H42N2O4/c1-21(2)25(29(36)27(34)15-13-23-10-8-7-9-11-23)20-28(35)22(3)33-30(37)26(31(4,5)6)14-12-24-16-18-32-19-17-24/h7-11,16-19,21-22,25-26H,12-15,20H2,1-6H3,(H,33,37)/t22-,25-,26+/m0/s1. The fourth-order valence-corrected chi connectivity index (χ4v) is 4.47. The average Bonchev–Trinajstić information content (AvgIpc) is 2.85. The minimum Gasteiger partial charge on any atom is -0.346 e. The van der Waals surface area contributed by atoms with Crippen molar-refractivity contribution < 1.29 is 19.2 Å². The molecule has 0 saturated carbocycles. The van der Waals surface area contributed by atoms with Gasteiger partial charge in [-0.3, -0.25) is 24.2 Å². The Bertz CT molecular complexity index is 1040. The lowest BCUT2D eigenvalue weighted by molar-refractivity contribution is -0.141. The van der Waals surface area contributed by atoms with E-state index in [0.717, 1.165) is 17.5 Å². The maximum Gasteiger partial charge on any atom is 0.224 e. The number of rotatable bonds is 14. The first kappa shape index (κ1) is 30.1. The Morgan fingerprint density at radius 3 is 2.03 bits per heavy atom. The van der Waals surface area contributed by atoms with Crippen molar-refractivity contribution in [1.29, 1.82) is 0 Å². The zero-order valence-electron chi connectivity index (χ0n) is 23.1. The van der Waals surface area contributed by atoms with Gasteiger partial charge in [-0.25, -0.2) is 0 Å². The normalized spacial score (nSPS) is 14.0. The lowest BCUT2D eigenvalue weighted by Crippen LogP contribution is -2.46. The zero-order chi connectivity index (χ0) is 27.6. The third-order valence-corrected chi connectivity index (χ3v) is 7.00. The molecule has 0 fully saturated rings. The molecule has 0 saturated heterocycles. The van der Waals surface area contributed by atoms with E-state index in [0.29, 0.717) is 12.8 Å². The number of aryl methyl sites for hydroxylation is 2. The summed E-state index contributed by atoms with van der Waals surface area (Å²) >= 11 is 0.